The fraction of sp³-hybridized carbons (Fsp3) is 0.316. The minimum Gasteiger partial charge on any atom is -0.336 e. The van der Waals surface area contributed by atoms with Gasteiger partial charge in [0.15, 0.2) is 0 Å². The molecule has 0 bridgehead atoms. The van der Waals surface area contributed by atoms with Crippen LogP contribution in [0.5, 0.6) is 0 Å². The Morgan fingerprint density at radius 3 is 2.09 bits per heavy atom. The molecule has 0 aliphatic carbocycles. The predicted octanol–water partition coefficient (Wildman–Crippen LogP) is 3.13. The first-order chi connectivity index (χ1) is 11.1. The number of carbonyl (C=O) groups excluding carboxylic acids is 1. The van der Waals surface area contributed by atoms with Gasteiger partial charge < -0.3 is 15.1 Å². The zero-order valence-electron chi connectivity index (χ0n) is 14.1. The van der Waals surface area contributed by atoms with E-state index in [2.05, 4.69) is 22.3 Å². The molecular formula is C19H25N3O. The van der Waals surface area contributed by atoms with Gasteiger partial charge in [0, 0.05) is 20.1 Å². The first-order valence-electron chi connectivity index (χ1n) is 7.82. The maximum Gasteiger partial charge on any atom is 0.317 e. The number of hydrogen-bond acceptors (Lipinski definition) is 2. The highest BCUT2D eigenvalue weighted by molar-refractivity contribution is 5.73. The fourth-order valence-corrected chi connectivity index (χ4v) is 2.52. The number of nitrogens with one attached hydrogen (secondary N) is 1. The number of carbonyl (C=O) groups is 1. The van der Waals surface area contributed by atoms with Crippen LogP contribution in [0.3, 0.4) is 0 Å². The van der Waals surface area contributed by atoms with Gasteiger partial charge in [0.1, 0.15) is 0 Å². The highest BCUT2D eigenvalue weighted by Crippen LogP contribution is 2.16. The second-order valence-electron chi connectivity index (χ2n) is 5.92. The Morgan fingerprint density at radius 2 is 1.52 bits per heavy atom. The van der Waals surface area contributed by atoms with Crippen molar-refractivity contribution < 1.29 is 4.79 Å². The Bertz CT molecular complexity index is 599. The lowest BCUT2D eigenvalue weighted by atomic mass is 10.1. The lowest BCUT2D eigenvalue weighted by molar-refractivity contribution is 0.200. The molecule has 1 N–H and O–H groups in total. The van der Waals surface area contributed by atoms with Crippen LogP contribution >= 0.6 is 0 Å². The molecule has 0 aliphatic rings. The molecule has 2 aromatic carbocycles. The summed E-state index contributed by atoms with van der Waals surface area (Å²) in [5.74, 6) is 0. The van der Waals surface area contributed by atoms with Crippen molar-refractivity contribution in [3.05, 3.63) is 71.8 Å². The highest BCUT2D eigenvalue weighted by atomic mass is 16.2. The van der Waals surface area contributed by atoms with Crippen molar-refractivity contribution in [3.8, 4) is 0 Å². The summed E-state index contributed by atoms with van der Waals surface area (Å²) >= 11 is 0. The van der Waals surface area contributed by atoms with Crippen LogP contribution in [-0.4, -0.2) is 43.5 Å². The van der Waals surface area contributed by atoms with Crippen LogP contribution in [0.1, 0.15) is 17.2 Å². The van der Waals surface area contributed by atoms with Gasteiger partial charge in [0.05, 0.1) is 6.04 Å². The topological polar surface area (TPSA) is 35.6 Å². The molecule has 0 heterocycles. The third-order valence-corrected chi connectivity index (χ3v) is 3.86. The molecule has 4 nitrogen and oxygen atoms in total. The number of nitrogens with zero attached hydrogens (tertiary/aromatic N) is 2. The second kappa shape index (κ2) is 8.34. The van der Waals surface area contributed by atoms with Crippen LogP contribution in [0.25, 0.3) is 0 Å². The van der Waals surface area contributed by atoms with E-state index >= 15 is 0 Å². The zero-order chi connectivity index (χ0) is 16.7. The summed E-state index contributed by atoms with van der Waals surface area (Å²) in [6.07, 6.45) is 0. The molecule has 0 radical (unpaired) electrons. The summed E-state index contributed by atoms with van der Waals surface area (Å²) < 4.78 is 0. The maximum absolute atomic E-state index is 12.3. The van der Waals surface area contributed by atoms with Crippen LogP contribution < -0.4 is 5.32 Å². The molecule has 23 heavy (non-hydrogen) atoms. The number of benzene rings is 2. The average molecular weight is 311 g/mol. The predicted molar refractivity (Wildman–Crippen MR) is 94.2 cm³/mol. The Kier molecular flexibility index (Phi) is 6.18. The van der Waals surface area contributed by atoms with Crippen molar-refractivity contribution in [2.24, 2.45) is 0 Å². The second-order valence-corrected chi connectivity index (χ2v) is 5.92. The number of urea groups is 1. The molecule has 0 saturated heterocycles. The van der Waals surface area contributed by atoms with Crippen LogP contribution in [0.15, 0.2) is 60.7 Å². The van der Waals surface area contributed by atoms with Crippen LogP contribution in [0.2, 0.25) is 0 Å². The summed E-state index contributed by atoms with van der Waals surface area (Å²) in [7, 11) is 5.87. The lowest BCUT2D eigenvalue weighted by Gasteiger charge is -2.26. The van der Waals surface area contributed by atoms with Crippen molar-refractivity contribution >= 4 is 6.03 Å². The summed E-state index contributed by atoms with van der Waals surface area (Å²) in [6, 6.07) is 20.3. The lowest BCUT2D eigenvalue weighted by Crippen LogP contribution is -2.41. The minimum atomic E-state index is -0.0587. The van der Waals surface area contributed by atoms with E-state index < -0.39 is 0 Å². The monoisotopic (exact) mass is 311 g/mol. The summed E-state index contributed by atoms with van der Waals surface area (Å²) in [5.41, 5.74) is 2.32. The van der Waals surface area contributed by atoms with E-state index in [1.165, 1.54) is 5.56 Å². The average Bonchev–Trinajstić information content (AvgIpc) is 2.56. The number of rotatable bonds is 6. The van der Waals surface area contributed by atoms with Crippen molar-refractivity contribution in [3.63, 3.8) is 0 Å². The third-order valence-electron chi connectivity index (χ3n) is 3.86. The van der Waals surface area contributed by atoms with E-state index in [1.807, 2.05) is 69.7 Å². The Labute approximate surface area is 138 Å². The molecule has 0 saturated carbocycles. The molecule has 1 atom stereocenters. The molecule has 122 valence electrons. The van der Waals surface area contributed by atoms with E-state index in [-0.39, 0.29) is 12.1 Å². The first-order valence-corrected chi connectivity index (χ1v) is 7.82. The quantitative estimate of drug-likeness (QED) is 0.889. The number of hydrogen-bond donors (Lipinski definition) is 1. The smallest absolute Gasteiger partial charge is 0.317 e. The Hall–Kier alpha value is -2.33. The number of likely N-dealkylation sites (N-methyl/N-ethyl adjacent to an activating group) is 1. The minimum absolute atomic E-state index is 0.0587. The SMILES string of the molecule is CN(Cc1ccccc1)C(=O)NCC(c1ccccc1)N(C)C. The molecule has 0 aliphatic heterocycles. The standard InChI is InChI=1S/C19H25N3O/c1-21(2)18(17-12-8-5-9-13-17)14-20-19(23)22(3)15-16-10-6-4-7-11-16/h4-13,18H,14-15H2,1-3H3,(H,20,23). The van der Waals surface area contributed by atoms with Crippen LogP contribution in [0.4, 0.5) is 4.79 Å². The maximum atomic E-state index is 12.3. The zero-order valence-corrected chi connectivity index (χ0v) is 14.1. The van der Waals surface area contributed by atoms with Crippen molar-refractivity contribution in [1.29, 1.82) is 0 Å². The third kappa shape index (κ3) is 5.11. The summed E-state index contributed by atoms with van der Waals surface area (Å²) in [6.45, 7) is 1.18. The van der Waals surface area contributed by atoms with Crippen molar-refractivity contribution in [2.45, 2.75) is 12.6 Å². The summed E-state index contributed by atoms with van der Waals surface area (Å²) in [5, 5.41) is 3.03. The van der Waals surface area contributed by atoms with Gasteiger partial charge in [-0.3, -0.25) is 0 Å². The molecule has 4 heteroatoms. The van der Waals surface area contributed by atoms with Gasteiger partial charge in [-0.2, -0.15) is 0 Å². The molecular weight excluding hydrogens is 286 g/mol. The Balaban J connectivity index is 1.91. The van der Waals surface area contributed by atoms with Gasteiger partial charge >= 0.3 is 6.03 Å². The van der Waals surface area contributed by atoms with E-state index in [9.17, 15) is 4.79 Å². The van der Waals surface area contributed by atoms with Gasteiger partial charge in [-0.1, -0.05) is 60.7 Å². The molecule has 2 rings (SSSR count). The van der Waals surface area contributed by atoms with E-state index in [1.54, 1.807) is 4.90 Å². The fourth-order valence-electron chi connectivity index (χ4n) is 2.52. The normalized spacial score (nSPS) is 12.0. The van der Waals surface area contributed by atoms with Gasteiger partial charge in [0.25, 0.3) is 0 Å². The molecule has 2 amide bonds. The molecule has 0 fully saturated rings. The van der Waals surface area contributed by atoms with Gasteiger partial charge in [-0.05, 0) is 25.2 Å². The highest BCUT2D eigenvalue weighted by Gasteiger charge is 2.16. The van der Waals surface area contributed by atoms with Crippen molar-refractivity contribution in [1.82, 2.24) is 15.1 Å². The molecule has 0 aromatic heterocycles. The van der Waals surface area contributed by atoms with E-state index in [0.29, 0.717) is 13.1 Å². The van der Waals surface area contributed by atoms with Crippen LogP contribution in [0, 0.1) is 0 Å². The van der Waals surface area contributed by atoms with E-state index in [0.717, 1.165) is 5.56 Å². The number of amides is 2. The van der Waals surface area contributed by atoms with Gasteiger partial charge in [-0.15, -0.1) is 0 Å². The van der Waals surface area contributed by atoms with E-state index in [4.69, 9.17) is 0 Å². The van der Waals surface area contributed by atoms with Crippen LogP contribution in [-0.2, 0) is 6.54 Å². The van der Waals surface area contributed by atoms with Gasteiger partial charge in [-0.25, -0.2) is 4.79 Å². The largest absolute Gasteiger partial charge is 0.336 e. The molecule has 1 unspecified atom stereocenters. The van der Waals surface area contributed by atoms with Gasteiger partial charge in [0.2, 0.25) is 0 Å². The first kappa shape index (κ1) is 17.0. The molecule has 0 spiro atoms. The Morgan fingerprint density at radius 1 is 0.957 bits per heavy atom. The molecule has 2 aromatic rings. The summed E-state index contributed by atoms with van der Waals surface area (Å²) in [4.78, 5) is 16.1. The van der Waals surface area contributed by atoms with Crippen molar-refractivity contribution in [2.75, 3.05) is 27.7 Å².